The van der Waals surface area contributed by atoms with Gasteiger partial charge >= 0.3 is 13.6 Å². The third-order valence-electron chi connectivity index (χ3n) is 1.77. The number of rotatable bonds is 6. The smallest absolute Gasteiger partial charge is 0.374 e. The number of halogens is 3. The lowest BCUT2D eigenvalue weighted by Gasteiger charge is -2.28. The molecule has 0 N–H and O–H groups in total. The third-order valence-corrected chi connectivity index (χ3v) is 4.91. The monoisotopic (exact) mass is 326 g/mol. The van der Waals surface area contributed by atoms with E-state index >= 15 is 0 Å². The lowest BCUT2D eigenvalue weighted by atomic mass is 10.3. The van der Waals surface area contributed by atoms with Crippen molar-refractivity contribution in [3.63, 3.8) is 0 Å². The maximum absolute atomic E-state index is 12.1. The number of carbonyl (C=O) groups excluding carboxylic acids is 1. The highest BCUT2D eigenvalue weighted by Gasteiger charge is 2.51. The van der Waals surface area contributed by atoms with E-state index in [4.69, 9.17) is 39.5 Å². The minimum Gasteiger partial charge on any atom is -0.445 e. The zero-order chi connectivity index (χ0) is 13.7. The highest BCUT2D eigenvalue weighted by Crippen LogP contribution is 2.59. The summed E-state index contributed by atoms with van der Waals surface area (Å²) in [5, 5.41) is 0. The summed E-state index contributed by atoms with van der Waals surface area (Å²) in [6, 6.07) is 0. The van der Waals surface area contributed by atoms with E-state index in [9.17, 15) is 9.36 Å². The van der Waals surface area contributed by atoms with Crippen LogP contribution in [0.3, 0.4) is 0 Å². The summed E-state index contributed by atoms with van der Waals surface area (Å²) in [5.74, 6) is -2.24. The molecule has 0 heterocycles. The number of hydrogen-bond acceptors (Lipinski definition) is 5. The zero-order valence-corrected chi connectivity index (χ0v) is 12.8. The molecule has 1 atom stereocenters. The van der Waals surface area contributed by atoms with Crippen LogP contribution in [0.1, 0.15) is 19.8 Å². The van der Waals surface area contributed by atoms with Gasteiger partial charge in [0.2, 0.25) is 9.64 Å². The molecule has 0 rings (SSSR count). The second-order valence-corrected chi connectivity index (χ2v) is 7.69. The molecule has 0 aliphatic heterocycles. The molecular formula is C8H14Cl3O5P. The maximum atomic E-state index is 12.1. The number of carbonyl (C=O) groups is 1. The lowest BCUT2D eigenvalue weighted by Crippen LogP contribution is -2.32. The van der Waals surface area contributed by atoms with Crippen molar-refractivity contribution in [1.29, 1.82) is 0 Å². The SMILES string of the molecule is CCCC(=O)O[C@@H](C(Cl)(Cl)Cl)P(=O)(OC)OC. The van der Waals surface area contributed by atoms with Gasteiger partial charge in [-0.25, -0.2) is 0 Å². The fraction of sp³-hybridized carbons (Fsp3) is 0.875. The Labute approximate surface area is 115 Å². The van der Waals surface area contributed by atoms with Crippen LogP contribution in [-0.4, -0.2) is 29.8 Å². The van der Waals surface area contributed by atoms with Crippen molar-refractivity contribution in [2.45, 2.75) is 29.4 Å². The molecule has 0 fully saturated rings. The molecular weight excluding hydrogens is 313 g/mol. The van der Waals surface area contributed by atoms with E-state index in [1.807, 2.05) is 0 Å². The first kappa shape index (κ1) is 17.5. The predicted octanol–water partition coefficient (Wildman–Crippen LogP) is 3.51. The molecule has 0 amide bonds. The topological polar surface area (TPSA) is 61.8 Å². The molecule has 0 aromatic heterocycles. The van der Waals surface area contributed by atoms with Crippen molar-refractivity contribution in [2.75, 3.05) is 14.2 Å². The summed E-state index contributed by atoms with van der Waals surface area (Å²) in [7, 11) is -1.60. The first-order chi connectivity index (χ1) is 7.71. The van der Waals surface area contributed by atoms with Crippen LogP contribution in [0.4, 0.5) is 0 Å². The van der Waals surface area contributed by atoms with E-state index in [-0.39, 0.29) is 6.42 Å². The molecule has 0 bridgehead atoms. The van der Waals surface area contributed by atoms with Gasteiger partial charge in [-0.2, -0.15) is 0 Å². The van der Waals surface area contributed by atoms with Gasteiger partial charge in [-0.3, -0.25) is 9.36 Å². The number of alkyl halides is 3. The summed E-state index contributed by atoms with van der Waals surface area (Å²) < 4.78 is 24.1. The lowest BCUT2D eigenvalue weighted by molar-refractivity contribution is -0.146. The summed E-state index contributed by atoms with van der Waals surface area (Å²) >= 11 is 16.8. The zero-order valence-electron chi connectivity index (χ0n) is 9.61. The van der Waals surface area contributed by atoms with Crippen molar-refractivity contribution in [2.24, 2.45) is 0 Å². The van der Waals surface area contributed by atoms with Crippen molar-refractivity contribution >= 4 is 48.4 Å². The van der Waals surface area contributed by atoms with E-state index in [0.717, 1.165) is 14.2 Å². The molecule has 0 aliphatic rings. The van der Waals surface area contributed by atoms with E-state index in [1.165, 1.54) is 0 Å². The summed E-state index contributed by atoms with van der Waals surface area (Å²) in [6.45, 7) is 1.78. The normalized spacial score (nSPS) is 14.5. The summed E-state index contributed by atoms with van der Waals surface area (Å²) in [6.07, 6.45) is 0.667. The number of esters is 1. The fourth-order valence-corrected chi connectivity index (χ4v) is 3.31. The van der Waals surface area contributed by atoms with Gasteiger partial charge in [0.25, 0.3) is 0 Å². The molecule has 0 unspecified atom stereocenters. The first-order valence-electron chi connectivity index (χ1n) is 4.68. The van der Waals surface area contributed by atoms with E-state index in [2.05, 4.69) is 9.05 Å². The van der Waals surface area contributed by atoms with Crippen molar-refractivity contribution in [3.05, 3.63) is 0 Å². The highest BCUT2D eigenvalue weighted by molar-refractivity contribution is 7.55. The van der Waals surface area contributed by atoms with E-state index < -0.39 is 23.2 Å². The van der Waals surface area contributed by atoms with Gasteiger partial charge in [0.1, 0.15) is 0 Å². The number of hydrogen-bond donors (Lipinski definition) is 0. The molecule has 102 valence electrons. The minimum atomic E-state index is -3.83. The van der Waals surface area contributed by atoms with Gasteiger partial charge in [0.05, 0.1) is 0 Å². The Morgan fingerprint density at radius 2 is 1.76 bits per heavy atom. The molecule has 0 saturated carbocycles. The Morgan fingerprint density at radius 3 is 2.06 bits per heavy atom. The average molecular weight is 328 g/mol. The Balaban J connectivity index is 5.03. The van der Waals surface area contributed by atoms with Crippen LogP contribution in [-0.2, 0) is 23.1 Å². The summed E-state index contributed by atoms with van der Waals surface area (Å²) in [5.41, 5.74) is 0. The van der Waals surface area contributed by atoms with E-state index in [0.29, 0.717) is 6.42 Å². The summed E-state index contributed by atoms with van der Waals surface area (Å²) in [4.78, 5) is 11.3. The van der Waals surface area contributed by atoms with Crippen LogP contribution >= 0.6 is 42.4 Å². The van der Waals surface area contributed by atoms with Crippen LogP contribution in [0.5, 0.6) is 0 Å². The van der Waals surface area contributed by atoms with Gasteiger partial charge in [0.15, 0.2) is 0 Å². The Bertz CT molecular complexity index is 296. The van der Waals surface area contributed by atoms with Crippen LogP contribution in [0, 0.1) is 0 Å². The molecule has 0 aromatic carbocycles. The Kier molecular flexibility index (Phi) is 7.38. The minimum absolute atomic E-state index is 0.116. The van der Waals surface area contributed by atoms with Crippen molar-refractivity contribution in [3.8, 4) is 0 Å². The molecule has 0 radical (unpaired) electrons. The van der Waals surface area contributed by atoms with Crippen LogP contribution in [0.15, 0.2) is 0 Å². The van der Waals surface area contributed by atoms with Gasteiger partial charge in [-0.15, -0.1) is 0 Å². The third kappa shape index (κ3) is 5.33. The van der Waals surface area contributed by atoms with Crippen molar-refractivity contribution in [1.82, 2.24) is 0 Å². The predicted molar refractivity (Wildman–Crippen MR) is 66.7 cm³/mol. The van der Waals surface area contributed by atoms with E-state index in [1.54, 1.807) is 6.92 Å². The standard InChI is InChI=1S/C8H14Cl3O5P/c1-4-5-6(12)16-7(8(9,10)11)17(13,14-2)15-3/h7H,4-5H2,1-3H3/t7-/m1/s1. The van der Waals surface area contributed by atoms with Gasteiger partial charge < -0.3 is 13.8 Å². The first-order valence-corrected chi connectivity index (χ1v) is 7.43. The molecule has 0 aromatic rings. The molecule has 0 spiro atoms. The van der Waals surface area contributed by atoms with Crippen molar-refractivity contribution < 1.29 is 23.1 Å². The Morgan fingerprint density at radius 1 is 1.29 bits per heavy atom. The molecule has 0 saturated heterocycles. The van der Waals surface area contributed by atoms with Crippen LogP contribution < -0.4 is 0 Å². The largest absolute Gasteiger partial charge is 0.445 e. The molecule has 0 aliphatic carbocycles. The Hall–Kier alpha value is 0.490. The maximum Gasteiger partial charge on any atom is 0.374 e. The fourth-order valence-electron chi connectivity index (χ4n) is 0.964. The molecule has 17 heavy (non-hydrogen) atoms. The van der Waals surface area contributed by atoms with Crippen LogP contribution in [0.25, 0.3) is 0 Å². The second-order valence-electron chi connectivity index (χ2n) is 3.04. The number of ether oxygens (including phenoxy) is 1. The average Bonchev–Trinajstić information content (AvgIpc) is 2.24. The van der Waals surface area contributed by atoms with Crippen LogP contribution in [0.2, 0.25) is 0 Å². The van der Waals surface area contributed by atoms with Gasteiger partial charge in [0, 0.05) is 20.6 Å². The molecule has 5 nitrogen and oxygen atoms in total. The van der Waals surface area contributed by atoms with Gasteiger partial charge in [-0.05, 0) is 6.42 Å². The molecule has 9 heteroatoms. The van der Waals surface area contributed by atoms with Gasteiger partial charge in [-0.1, -0.05) is 41.7 Å². The second kappa shape index (κ2) is 7.17. The quantitative estimate of drug-likeness (QED) is 0.424. The highest BCUT2D eigenvalue weighted by atomic mass is 35.6.